The number of nitrogens with zero attached hydrogens (tertiary/aromatic N) is 5. The molecule has 1 saturated heterocycles. The third-order valence-corrected chi connectivity index (χ3v) is 4.62. The molecule has 1 aliphatic carbocycles. The molecule has 3 heterocycles. The Morgan fingerprint density at radius 1 is 1.09 bits per heavy atom. The fraction of sp³-hybridized carbons (Fsp3) is 0.600. The first kappa shape index (κ1) is 13.6. The van der Waals surface area contributed by atoms with Gasteiger partial charge < -0.3 is 15.2 Å². The van der Waals surface area contributed by atoms with Crippen molar-refractivity contribution in [1.29, 1.82) is 0 Å². The number of nitrogens with two attached hydrogens (primary N) is 1. The molecule has 0 amide bonds. The van der Waals surface area contributed by atoms with Crippen molar-refractivity contribution in [2.45, 2.75) is 44.1 Å². The molecule has 0 spiro atoms. The van der Waals surface area contributed by atoms with E-state index in [1.807, 2.05) is 0 Å². The lowest BCUT2D eigenvalue weighted by atomic mass is 9.77. The minimum absolute atomic E-state index is 0.412. The topological polar surface area (TPSA) is 94.0 Å². The van der Waals surface area contributed by atoms with Crippen LogP contribution in [0.5, 0.6) is 0 Å². The highest BCUT2D eigenvalue weighted by atomic mass is 16.5. The molecule has 0 radical (unpaired) electrons. The van der Waals surface area contributed by atoms with Crippen LogP contribution in [0.1, 0.15) is 44.3 Å². The highest BCUT2D eigenvalue weighted by Crippen LogP contribution is 2.37. The molecule has 0 unspecified atom stereocenters. The number of hydrogen-bond donors (Lipinski definition) is 1. The van der Waals surface area contributed by atoms with Crippen molar-refractivity contribution < 1.29 is 4.52 Å². The van der Waals surface area contributed by atoms with Crippen molar-refractivity contribution >= 4 is 5.95 Å². The van der Waals surface area contributed by atoms with Crippen molar-refractivity contribution in [2.75, 3.05) is 18.0 Å². The molecule has 2 aromatic rings. The van der Waals surface area contributed by atoms with Crippen LogP contribution in [0.15, 0.2) is 16.8 Å². The average Bonchev–Trinajstić information content (AvgIpc) is 3.04. The Morgan fingerprint density at radius 3 is 2.64 bits per heavy atom. The molecule has 2 fully saturated rings. The molecule has 1 aliphatic heterocycles. The van der Waals surface area contributed by atoms with E-state index in [-0.39, 0.29) is 0 Å². The largest absolute Gasteiger partial charge is 0.341 e. The number of aromatic nitrogens is 4. The lowest BCUT2D eigenvalue weighted by Gasteiger charge is -2.34. The summed E-state index contributed by atoms with van der Waals surface area (Å²) in [5.74, 6) is 1.75. The van der Waals surface area contributed by atoms with E-state index in [4.69, 9.17) is 10.3 Å². The second-order valence-corrected chi connectivity index (χ2v) is 6.22. The summed E-state index contributed by atoms with van der Waals surface area (Å²) < 4.78 is 5.37. The Balaban J connectivity index is 1.59. The summed E-state index contributed by atoms with van der Waals surface area (Å²) in [6.45, 7) is 2.01. The second-order valence-electron chi connectivity index (χ2n) is 6.22. The van der Waals surface area contributed by atoms with E-state index in [9.17, 15) is 0 Å². The van der Waals surface area contributed by atoms with E-state index < -0.39 is 5.54 Å². The van der Waals surface area contributed by atoms with Gasteiger partial charge in [0.15, 0.2) is 5.82 Å². The van der Waals surface area contributed by atoms with Gasteiger partial charge in [0.2, 0.25) is 5.95 Å². The van der Waals surface area contributed by atoms with Crippen molar-refractivity contribution in [3.8, 4) is 11.6 Å². The molecule has 7 nitrogen and oxygen atoms in total. The van der Waals surface area contributed by atoms with Crippen LogP contribution in [0.3, 0.4) is 0 Å². The summed E-state index contributed by atoms with van der Waals surface area (Å²) >= 11 is 0. The van der Waals surface area contributed by atoms with Crippen LogP contribution in [0.25, 0.3) is 11.6 Å². The maximum absolute atomic E-state index is 6.24. The maximum Gasteiger partial charge on any atom is 0.276 e. The Hall–Kier alpha value is -2.02. The lowest BCUT2D eigenvalue weighted by molar-refractivity contribution is 0.229. The quantitative estimate of drug-likeness (QED) is 0.924. The fourth-order valence-electron chi connectivity index (χ4n) is 3.02. The van der Waals surface area contributed by atoms with Gasteiger partial charge in [-0.3, -0.25) is 0 Å². The summed E-state index contributed by atoms with van der Waals surface area (Å²) in [5.41, 5.74) is 6.49. The normalized spacial score (nSPS) is 20.7. The molecule has 22 heavy (non-hydrogen) atoms. The third kappa shape index (κ3) is 2.35. The van der Waals surface area contributed by atoms with Crippen molar-refractivity contribution in [3.63, 3.8) is 0 Å². The molecule has 2 aromatic heterocycles. The van der Waals surface area contributed by atoms with Crippen LogP contribution in [-0.4, -0.2) is 33.2 Å². The van der Waals surface area contributed by atoms with Crippen molar-refractivity contribution in [3.05, 3.63) is 18.1 Å². The molecule has 1 saturated carbocycles. The number of rotatable bonds is 3. The van der Waals surface area contributed by atoms with Crippen LogP contribution in [0.2, 0.25) is 0 Å². The first-order chi connectivity index (χ1) is 10.7. The van der Waals surface area contributed by atoms with E-state index in [0.29, 0.717) is 17.4 Å². The van der Waals surface area contributed by atoms with Crippen LogP contribution in [0, 0.1) is 0 Å². The number of anilines is 1. The van der Waals surface area contributed by atoms with E-state index in [1.54, 1.807) is 12.3 Å². The highest BCUT2D eigenvalue weighted by Gasteiger charge is 2.39. The average molecular weight is 300 g/mol. The predicted octanol–water partition coefficient (Wildman–Crippen LogP) is 1.85. The molecule has 0 atom stereocenters. The molecule has 4 rings (SSSR count). The van der Waals surface area contributed by atoms with Crippen molar-refractivity contribution in [2.24, 2.45) is 5.73 Å². The lowest BCUT2D eigenvalue weighted by Crippen LogP contribution is -2.44. The summed E-state index contributed by atoms with van der Waals surface area (Å²) in [5, 5.41) is 4.04. The summed E-state index contributed by atoms with van der Waals surface area (Å²) in [4.78, 5) is 15.6. The van der Waals surface area contributed by atoms with Gasteiger partial charge in [-0.05, 0) is 44.6 Å². The van der Waals surface area contributed by atoms with Crippen LogP contribution in [-0.2, 0) is 5.54 Å². The van der Waals surface area contributed by atoms with Gasteiger partial charge in [-0.15, -0.1) is 0 Å². The molecule has 2 aliphatic rings. The zero-order valence-corrected chi connectivity index (χ0v) is 12.5. The summed E-state index contributed by atoms with van der Waals surface area (Å²) in [6.07, 6.45) is 8.35. The summed E-state index contributed by atoms with van der Waals surface area (Å²) in [7, 11) is 0. The van der Waals surface area contributed by atoms with Crippen molar-refractivity contribution in [1.82, 2.24) is 20.1 Å². The molecule has 0 bridgehead atoms. The third-order valence-electron chi connectivity index (χ3n) is 4.62. The van der Waals surface area contributed by atoms with Gasteiger partial charge in [0.05, 0.1) is 5.54 Å². The zero-order valence-electron chi connectivity index (χ0n) is 12.5. The fourth-order valence-corrected chi connectivity index (χ4v) is 3.02. The van der Waals surface area contributed by atoms with E-state index in [0.717, 1.165) is 38.3 Å². The number of hydrogen-bond acceptors (Lipinski definition) is 7. The molecular weight excluding hydrogens is 280 g/mol. The Bertz CT molecular complexity index is 660. The van der Waals surface area contributed by atoms with Gasteiger partial charge in [0.1, 0.15) is 5.69 Å². The zero-order chi connectivity index (χ0) is 15.0. The minimum Gasteiger partial charge on any atom is -0.341 e. The van der Waals surface area contributed by atoms with Gasteiger partial charge in [-0.25, -0.2) is 9.97 Å². The van der Waals surface area contributed by atoms with Gasteiger partial charge in [0, 0.05) is 19.3 Å². The highest BCUT2D eigenvalue weighted by molar-refractivity contribution is 5.49. The Morgan fingerprint density at radius 2 is 1.91 bits per heavy atom. The molecule has 2 N–H and O–H groups in total. The predicted molar refractivity (Wildman–Crippen MR) is 81.1 cm³/mol. The maximum atomic E-state index is 6.24. The Kier molecular flexibility index (Phi) is 3.29. The SMILES string of the molecule is NC1(c2noc(-c3ccnc(N4CCCCC4)n3)n2)CCC1. The van der Waals surface area contributed by atoms with Crippen LogP contribution < -0.4 is 10.6 Å². The smallest absolute Gasteiger partial charge is 0.276 e. The van der Waals surface area contributed by atoms with Crippen LogP contribution >= 0.6 is 0 Å². The van der Waals surface area contributed by atoms with Crippen LogP contribution in [0.4, 0.5) is 5.95 Å². The van der Waals surface area contributed by atoms with E-state index in [2.05, 4.69) is 25.0 Å². The van der Waals surface area contributed by atoms with Gasteiger partial charge in [-0.2, -0.15) is 4.98 Å². The Labute approximate surface area is 128 Å². The molecular formula is C15H20N6O. The van der Waals surface area contributed by atoms with Gasteiger partial charge in [0.25, 0.3) is 5.89 Å². The summed E-state index contributed by atoms with van der Waals surface area (Å²) in [6, 6.07) is 1.80. The van der Waals surface area contributed by atoms with Gasteiger partial charge in [-0.1, -0.05) is 5.16 Å². The second kappa shape index (κ2) is 5.31. The molecule has 0 aromatic carbocycles. The van der Waals surface area contributed by atoms with Gasteiger partial charge >= 0.3 is 0 Å². The first-order valence-electron chi connectivity index (χ1n) is 7.96. The number of piperidine rings is 1. The van der Waals surface area contributed by atoms with E-state index >= 15 is 0 Å². The monoisotopic (exact) mass is 300 g/mol. The molecule has 116 valence electrons. The first-order valence-corrected chi connectivity index (χ1v) is 7.96. The molecule has 7 heteroatoms. The minimum atomic E-state index is -0.412. The standard InChI is InChI=1S/C15H20N6O/c16-15(6-4-7-15)13-19-12(22-20-13)11-5-8-17-14(18-11)21-9-2-1-3-10-21/h5,8H,1-4,6-7,9-10,16H2. The van der Waals surface area contributed by atoms with E-state index in [1.165, 1.54) is 19.3 Å².